The highest BCUT2D eigenvalue weighted by Gasteiger charge is 2.20. The largest absolute Gasteiger partial charge is 0.393 e. The molecule has 1 aromatic heterocycles. The van der Waals surface area contributed by atoms with Crippen molar-refractivity contribution in [3.63, 3.8) is 0 Å². The average Bonchev–Trinajstić information content (AvgIpc) is 2.69. The number of aliphatic hydroxyl groups is 2. The molecule has 0 aromatic carbocycles. The smallest absolute Gasteiger partial charge is 0.201 e. The number of aliphatic hydroxyl groups excluding tert-OH is 2. The predicted molar refractivity (Wildman–Crippen MR) is 60.2 cm³/mol. The third kappa shape index (κ3) is 3.74. The Kier molecular flexibility index (Phi) is 4.94. The topological polar surface area (TPSA) is 57.5 Å². The second-order valence-corrected chi connectivity index (χ2v) is 4.48. The lowest BCUT2D eigenvalue weighted by atomic mass is 10.0. The van der Waals surface area contributed by atoms with E-state index >= 15 is 0 Å². The van der Waals surface area contributed by atoms with Crippen molar-refractivity contribution in [2.24, 2.45) is 0 Å². The van der Waals surface area contributed by atoms with Gasteiger partial charge < -0.3 is 10.2 Å². The van der Waals surface area contributed by atoms with Crippen molar-refractivity contribution in [2.75, 3.05) is 0 Å². The van der Waals surface area contributed by atoms with Crippen LogP contribution >= 0.6 is 11.3 Å². The fourth-order valence-corrected chi connectivity index (χ4v) is 2.11. The van der Waals surface area contributed by atoms with Crippen molar-refractivity contribution in [3.05, 3.63) is 22.4 Å². The Morgan fingerprint density at radius 3 is 2.80 bits per heavy atom. The SMILES string of the molecule is CCCC(O)CC(O)C(=O)c1cccs1. The molecule has 1 aromatic rings. The van der Waals surface area contributed by atoms with Crippen LogP contribution in [0.25, 0.3) is 0 Å². The third-order valence-corrected chi connectivity index (χ3v) is 3.07. The van der Waals surface area contributed by atoms with Crippen molar-refractivity contribution in [1.29, 1.82) is 0 Å². The molecule has 2 N–H and O–H groups in total. The number of carbonyl (C=O) groups is 1. The maximum absolute atomic E-state index is 11.6. The normalized spacial score (nSPS) is 14.9. The zero-order valence-electron chi connectivity index (χ0n) is 8.72. The predicted octanol–water partition coefficient (Wildman–Crippen LogP) is 1.84. The number of ketones is 1. The molecule has 3 nitrogen and oxygen atoms in total. The van der Waals surface area contributed by atoms with Gasteiger partial charge in [-0.05, 0) is 17.9 Å². The van der Waals surface area contributed by atoms with Crippen molar-refractivity contribution in [3.8, 4) is 0 Å². The van der Waals surface area contributed by atoms with Crippen molar-refractivity contribution in [1.82, 2.24) is 0 Å². The number of rotatable bonds is 6. The Morgan fingerprint density at radius 1 is 1.53 bits per heavy atom. The first-order chi connectivity index (χ1) is 7.15. The minimum absolute atomic E-state index is 0.130. The molecule has 84 valence electrons. The summed E-state index contributed by atoms with van der Waals surface area (Å²) >= 11 is 1.31. The standard InChI is InChI=1S/C11H16O3S/c1-2-4-8(12)7-9(13)11(14)10-5-3-6-15-10/h3,5-6,8-9,12-13H,2,4,7H2,1H3. The zero-order valence-corrected chi connectivity index (χ0v) is 9.54. The molecular formula is C11H16O3S. The second-order valence-electron chi connectivity index (χ2n) is 3.54. The van der Waals surface area contributed by atoms with Crippen molar-refractivity contribution >= 4 is 17.1 Å². The molecule has 2 unspecified atom stereocenters. The van der Waals surface area contributed by atoms with Crippen LogP contribution in [-0.2, 0) is 0 Å². The minimum Gasteiger partial charge on any atom is -0.393 e. The van der Waals surface area contributed by atoms with Gasteiger partial charge in [0.2, 0.25) is 5.78 Å². The Labute approximate surface area is 93.4 Å². The monoisotopic (exact) mass is 228 g/mol. The number of hydrogen-bond donors (Lipinski definition) is 2. The summed E-state index contributed by atoms with van der Waals surface area (Å²) in [5.41, 5.74) is 0. The molecule has 0 radical (unpaired) electrons. The molecule has 4 heteroatoms. The first-order valence-electron chi connectivity index (χ1n) is 5.09. The van der Waals surface area contributed by atoms with Gasteiger partial charge in [0.25, 0.3) is 0 Å². The highest BCUT2D eigenvalue weighted by Crippen LogP contribution is 2.14. The summed E-state index contributed by atoms with van der Waals surface area (Å²) in [6.07, 6.45) is -0.0698. The highest BCUT2D eigenvalue weighted by atomic mass is 32.1. The molecule has 2 atom stereocenters. The summed E-state index contributed by atoms with van der Waals surface area (Å²) in [4.78, 5) is 12.1. The van der Waals surface area contributed by atoms with Crippen molar-refractivity contribution < 1.29 is 15.0 Å². The van der Waals surface area contributed by atoms with Crippen LogP contribution in [-0.4, -0.2) is 28.2 Å². The summed E-state index contributed by atoms with van der Waals surface area (Å²) in [5.74, 6) is -0.292. The third-order valence-electron chi connectivity index (χ3n) is 2.18. The first-order valence-corrected chi connectivity index (χ1v) is 5.97. The van der Waals surface area contributed by atoms with Crippen LogP contribution in [0.4, 0.5) is 0 Å². The van der Waals surface area contributed by atoms with E-state index in [0.717, 1.165) is 6.42 Å². The summed E-state index contributed by atoms with van der Waals surface area (Å²) in [6.45, 7) is 1.96. The molecular weight excluding hydrogens is 212 g/mol. The van der Waals surface area contributed by atoms with E-state index in [4.69, 9.17) is 0 Å². The molecule has 0 spiro atoms. The van der Waals surface area contributed by atoms with E-state index < -0.39 is 12.2 Å². The van der Waals surface area contributed by atoms with Crippen LogP contribution in [0.15, 0.2) is 17.5 Å². The number of carbonyl (C=O) groups excluding carboxylic acids is 1. The van der Waals surface area contributed by atoms with Gasteiger partial charge >= 0.3 is 0 Å². The lowest BCUT2D eigenvalue weighted by molar-refractivity contribution is 0.0541. The van der Waals surface area contributed by atoms with Gasteiger partial charge in [-0.15, -0.1) is 11.3 Å². The van der Waals surface area contributed by atoms with Crippen LogP contribution < -0.4 is 0 Å². The Balaban J connectivity index is 2.47. The van der Waals surface area contributed by atoms with Gasteiger partial charge in [0.05, 0.1) is 11.0 Å². The van der Waals surface area contributed by atoms with E-state index in [9.17, 15) is 15.0 Å². The van der Waals surface area contributed by atoms with E-state index in [1.54, 1.807) is 17.5 Å². The van der Waals surface area contributed by atoms with Crippen molar-refractivity contribution in [2.45, 2.75) is 38.4 Å². The highest BCUT2D eigenvalue weighted by molar-refractivity contribution is 7.12. The van der Waals surface area contributed by atoms with Gasteiger partial charge in [0.1, 0.15) is 6.10 Å². The first kappa shape index (κ1) is 12.4. The lowest BCUT2D eigenvalue weighted by Crippen LogP contribution is -2.25. The summed E-state index contributed by atoms with van der Waals surface area (Å²) in [5, 5.41) is 20.8. The lowest BCUT2D eigenvalue weighted by Gasteiger charge is -2.13. The molecule has 0 saturated heterocycles. The molecule has 1 heterocycles. The average molecular weight is 228 g/mol. The molecule has 0 amide bonds. The van der Waals surface area contributed by atoms with Gasteiger partial charge in [-0.2, -0.15) is 0 Å². The van der Waals surface area contributed by atoms with E-state index in [1.807, 2.05) is 6.92 Å². The van der Waals surface area contributed by atoms with Crippen LogP contribution in [0.1, 0.15) is 35.9 Å². The number of hydrogen-bond acceptors (Lipinski definition) is 4. The van der Waals surface area contributed by atoms with E-state index in [2.05, 4.69) is 0 Å². The van der Waals surface area contributed by atoms with Crippen LogP contribution in [0.5, 0.6) is 0 Å². The minimum atomic E-state index is -1.08. The summed E-state index contributed by atoms with van der Waals surface area (Å²) in [6, 6.07) is 3.45. The fourth-order valence-electron chi connectivity index (χ4n) is 1.40. The molecule has 1 rings (SSSR count). The molecule has 0 bridgehead atoms. The number of thiophene rings is 1. The van der Waals surface area contributed by atoms with E-state index in [1.165, 1.54) is 11.3 Å². The van der Waals surface area contributed by atoms with Gasteiger partial charge in [-0.3, -0.25) is 4.79 Å². The second kappa shape index (κ2) is 6.00. The molecule has 0 fully saturated rings. The Hall–Kier alpha value is -0.710. The van der Waals surface area contributed by atoms with Crippen LogP contribution in [0.3, 0.4) is 0 Å². The summed E-state index contributed by atoms with van der Waals surface area (Å²) in [7, 11) is 0. The van der Waals surface area contributed by atoms with Crippen LogP contribution in [0, 0.1) is 0 Å². The molecule has 15 heavy (non-hydrogen) atoms. The van der Waals surface area contributed by atoms with E-state index in [0.29, 0.717) is 11.3 Å². The van der Waals surface area contributed by atoms with Crippen LogP contribution in [0.2, 0.25) is 0 Å². The molecule has 0 aliphatic carbocycles. The molecule has 0 aliphatic rings. The Bertz CT molecular complexity index is 295. The quantitative estimate of drug-likeness (QED) is 0.730. The maximum Gasteiger partial charge on any atom is 0.201 e. The maximum atomic E-state index is 11.6. The van der Waals surface area contributed by atoms with Gasteiger partial charge in [0.15, 0.2) is 0 Å². The van der Waals surface area contributed by atoms with Gasteiger partial charge in [0, 0.05) is 6.42 Å². The zero-order chi connectivity index (χ0) is 11.3. The fraction of sp³-hybridized carbons (Fsp3) is 0.545. The van der Waals surface area contributed by atoms with Gasteiger partial charge in [-0.25, -0.2) is 0 Å². The Morgan fingerprint density at radius 2 is 2.27 bits per heavy atom. The molecule has 0 saturated carbocycles. The summed E-state index contributed by atoms with van der Waals surface area (Å²) < 4.78 is 0. The number of Topliss-reactive ketones (excluding diaryl/α,β-unsaturated/α-hetero) is 1. The van der Waals surface area contributed by atoms with E-state index in [-0.39, 0.29) is 12.2 Å². The van der Waals surface area contributed by atoms with Gasteiger partial charge in [-0.1, -0.05) is 19.4 Å². The molecule has 0 aliphatic heterocycles.